The number of carbonyl (C=O) groups is 1. The van der Waals surface area contributed by atoms with Crippen LogP contribution in [0.5, 0.6) is 11.5 Å². The number of amides is 1. The Hall–Kier alpha value is -2.29. The predicted molar refractivity (Wildman–Crippen MR) is 113 cm³/mol. The van der Waals surface area contributed by atoms with Gasteiger partial charge in [0.1, 0.15) is 11.5 Å². The van der Waals surface area contributed by atoms with Gasteiger partial charge in [-0.1, -0.05) is 30.7 Å². The average Bonchev–Trinajstić information content (AvgIpc) is 2.66. The molecule has 0 aliphatic carbocycles. The number of para-hydroxylation sites is 1. The maximum Gasteiger partial charge on any atom is 0.265 e. The van der Waals surface area contributed by atoms with Crippen LogP contribution in [0.3, 0.4) is 0 Å². The van der Waals surface area contributed by atoms with E-state index in [1.54, 1.807) is 45.0 Å². The molecule has 0 heterocycles. The van der Waals surface area contributed by atoms with Gasteiger partial charge in [0.2, 0.25) is 10.0 Å². The van der Waals surface area contributed by atoms with Crippen LogP contribution in [0.2, 0.25) is 5.02 Å². The van der Waals surface area contributed by atoms with Gasteiger partial charge < -0.3 is 14.8 Å². The number of halogens is 1. The smallest absolute Gasteiger partial charge is 0.265 e. The first-order valence-corrected chi connectivity index (χ1v) is 11.0. The summed E-state index contributed by atoms with van der Waals surface area (Å²) in [5.74, 6) is 0.270. The molecule has 1 atom stereocenters. The number of nitrogens with one attached hydrogen (secondary N) is 2. The molecule has 0 aromatic heterocycles. The molecule has 0 unspecified atom stereocenters. The summed E-state index contributed by atoms with van der Waals surface area (Å²) < 4.78 is 38.4. The number of carbonyl (C=O) groups excluding carboxylic acids is 1. The van der Waals surface area contributed by atoms with Crippen LogP contribution in [-0.4, -0.2) is 33.6 Å². The number of methoxy groups -OCH3 is 1. The van der Waals surface area contributed by atoms with Crippen molar-refractivity contribution in [2.45, 2.75) is 44.2 Å². The van der Waals surface area contributed by atoms with E-state index in [9.17, 15) is 13.2 Å². The second-order valence-corrected chi connectivity index (χ2v) is 8.69. The molecule has 0 saturated heterocycles. The fraction of sp³-hybridized carbons (Fsp3) is 0.350. The first-order chi connectivity index (χ1) is 13.7. The van der Waals surface area contributed by atoms with Crippen LogP contribution in [-0.2, 0) is 14.8 Å². The van der Waals surface area contributed by atoms with Crippen molar-refractivity contribution in [2.75, 3.05) is 12.4 Å². The summed E-state index contributed by atoms with van der Waals surface area (Å²) in [6, 6.07) is 10.8. The highest BCUT2D eigenvalue weighted by Gasteiger charge is 2.23. The molecule has 2 N–H and O–H groups in total. The van der Waals surface area contributed by atoms with Crippen molar-refractivity contribution in [1.29, 1.82) is 0 Å². The standard InChI is InChI=1S/C20H25ClN2O5S/c1-5-17(28-18-9-7-6-8-15(18)21)20(24)22-16-12-14(10-11-19(16)27-4)29(25,26)23-13(2)3/h6-13,17,23H,5H2,1-4H3,(H,22,24)/t17-/m1/s1. The van der Waals surface area contributed by atoms with Crippen LogP contribution in [0.1, 0.15) is 27.2 Å². The topological polar surface area (TPSA) is 93.7 Å². The average molecular weight is 441 g/mol. The molecule has 2 aromatic rings. The first kappa shape index (κ1) is 23.0. The summed E-state index contributed by atoms with van der Waals surface area (Å²) >= 11 is 6.10. The maximum absolute atomic E-state index is 12.8. The van der Waals surface area contributed by atoms with Crippen LogP contribution in [0.25, 0.3) is 0 Å². The minimum atomic E-state index is -3.73. The van der Waals surface area contributed by atoms with Crippen molar-refractivity contribution in [3.63, 3.8) is 0 Å². The molecule has 7 nitrogen and oxygen atoms in total. The Balaban J connectivity index is 2.27. The van der Waals surface area contributed by atoms with E-state index >= 15 is 0 Å². The Morgan fingerprint density at radius 1 is 1.14 bits per heavy atom. The third-order valence-corrected chi connectivity index (χ3v) is 5.87. The van der Waals surface area contributed by atoms with E-state index in [-0.39, 0.29) is 16.6 Å². The number of anilines is 1. The Bertz CT molecular complexity index is 963. The highest BCUT2D eigenvalue weighted by atomic mass is 35.5. The molecule has 158 valence electrons. The van der Waals surface area contributed by atoms with Crippen LogP contribution in [0, 0.1) is 0 Å². The summed E-state index contributed by atoms with van der Waals surface area (Å²) in [4.78, 5) is 12.8. The molecule has 0 aliphatic heterocycles. The molecule has 0 bridgehead atoms. The van der Waals surface area contributed by atoms with E-state index in [0.29, 0.717) is 22.9 Å². The number of sulfonamides is 1. The molecular formula is C20H25ClN2O5S. The second kappa shape index (κ2) is 9.96. The van der Waals surface area contributed by atoms with Crippen LogP contribution in [0.4, 0.5) is 5.69 Å². The third kappa shape index (κ3) is 6.09. The summed E-state index contributed by atoms with van der Waals surface area (Å²) in [6.07, 6.45) is -0.444. The third-order valence-electron chi connectivity index (χ3n) is 3.90. The van der Waals surface area contributed by atoms with E-state index in [2.05, 4.69) is 10.0 Å². The van der Waals surface area contributed by atoms with Gasteiger partial charge in [0.05, 0.1) is 22.7 Å². The number of hydrogen-bond donors (Lipinski definition) is 2. The molecule has 2 aromatic carbocycles. The van der Waals surface area contributed by atoms with Gasteiger partial charge in [-0.3, -0.25) is 4.79 Å². The lowest BCUT2D eigenvalue weighted by atomic mass is 10.2. The number of ether oxygens (including phenoxy) is 2. The zero-order valence-corrected chi connectivity index (χ0v) is 18.3. The minimum Gasteiger partial charge on any atom is -0.495 e. The number of rotatable bonds is 9. The van der Waals surface area contributed by atoms with Crippen molar-refractivity contribution < 1.29 is 22.7 Å². The molecule has 9 heteroatoms. The molecule has 1 amide bonds. The SMILES string of the molecule is CC[C@@H](Oc1ccccc1Cl)C(=O)Nc1cc(S(=O)(=O)NC(C)C)ccc1OC. The lowest BCUT2D eigenvalue weighted by molar-refractivity contribution is -0.122. The molecule has 2 rings (SSSR count). The van der Waals surface area contributed by atoms with Crippen molar-refractivity contribution in [2.24, 2.45) is 0 Å². The van der Waals surface area contributed by atoms with E-state index in [4.69, 9.17) is 21.1 Å². The van der Waals surface area contributed by atoms with Crippen LogP contribution >= 0.6 is 11.6 Å². The van der Waals surface area contributed by atoms with Gasteiger partial charge >= 0.3 is 0 Å². The zero-order chi connectivity index (χ0) is 21.6. The van der Waals surface area contributed by atoms with Gasteiger partial charge in [-0.2, -0.15) is 0 Å². The highest BCUT2D eigenvalue weighted by molar-refractivity contribution is 7.89. The molecule has 0 fully saturated rings. The van der Waals surface area contributed by atoms with Gasteiger partial charge in [-0.25, -0.2) is 13.1 Å². The fourth-order valence-electron chi connectivity index (χ4n) is 2.56. The van der Waals surface area contributed by atoms with Crippen molar-refractivity contribution in [3.8, 4) is 11.5 Å². The molecule has 0 spiro atoms. The van der Waals surface area contributed by atoms with E-state index < -0.39 is 22.0 Å². The van der Waals surface area contributed by atoms with Crippen molar-refractivity contribution >= 4 is 33.2 Å². The molecule has 29 heavy (non-hydrogen) atoms. The van der Waals surface area contributed by atoms with Gasteiger partial charge in [0.25, 0.3) is 5.91 Å². The summed E-state index contributed by atoms with van der Waals surface area (Å²) in [5, 5.41) is 3.09. The number of hydrogen-bond acceptors (Lipinski definition) is 5. The molecule has 0 aliphatic rings. The Morgan fingerprint density at radius 2 is 1.83 bits per heavy atom. The Labute approximate surface area is 176 Å². The van der Waals surface area contributed by atoms with Gasteiger partial charge in [0.15, 0.2) is 6.10 Å². The summed E-state index contributed by atoms with van der Waals surface area (Å²) in [5.41, 5.74) is 0.227. The fourth-order valence-corrected chi connectivity index (χ4v) is 4.02. The van der Waals surface area contributed by atoms with E-state index in [0.717, 1.165) is 0 Å². The quantitative estimate of drug-likeness (QED) is 0.618. The lowest BCUT2D eigenvalue weighted by Crippen LogP contribution is -2.33. The van der Waals surface area contributed by atoms with Gasteiger partial charge in [-0.05, 0) is 50.6 Å². The first-order valence-electron chi connectivity index (χ1n) is 9.10. The van der Waals surface area contributed by atoms with Gasteiger partial charge in [0, 0.05) is 6.04 Å². The highest BCUT2D eigenvalue weighted by Crippen LogP contribution is 2.29. The van der Waals surface area contributed by atoms with E-state index in [1.807, 2.05) is 0 Å². The summed E-state index contributed by atoms with van der Waals surface area (Å²) in [7, 11) is -2.29. The van der Waals surface area contributed by atoms with Crippen LogP contribution in [0.15, 0.2) is 47.4 Å². The maximum atomic E-state index is 12.8. The monoisotopic (exact) mass is 440 g/mol. The Kier molecular flexibility index (Phi) is 7.89. The summed E-state index contributed by atoms with van der Waals surface area (Å²) in [6.45, 7) is 5.25. The second-order valence-electron chi connectivity index (χ2n) is 6.57. The minimum absolute atomic E-state index is 0.0161. The lowest BCUT2D eigenvalue weighted by Gasteiger charge is -2.19. The van der Waals surface area contributed by atoms with Crippen LogP contribution < -0.4 is 19.5 Å². The van der Waals surface area contributed by atoms with Gasteiger partial charge in [-0.15, -0.1) is 0 Å². The largest absolute Gasteiger partial charge is 0.495 e. The zero-order valence-electron chi connectivity index (χ0n) is 16.7. The normalized spacial score (nSPS) is 12.5. The predicted octanol–water partition coefficient (Wildman–Crippen LogP) is 3.83. The van der Waals surface area contributed by atoms with Crippen molar-refractivity contribution in [1.82, 2.24) is 4.72 Å². The number of benzene rings is 2. The van der Waals surface area contributed by atoms with E-state index in [1.165, 1.54) is 25.3 Å². The molecule has 0 radical (unpaired) electrons. The molecule has 0 saturated carbocycles. The molecular weight excluding hydrogens is 416 g/mol. The van der Waals surface area contributed by atoms with Crippen molar-refractivity contribution in [3.05, 3.63) is 47.5 Å². The Morgan fingerprint density at radius 3 is 2.41 bits per heavy atom.